The average molecular weight is 183 g/mol. The molecule has 0 saturated heterocycles. The van der Waals surface area contributed by atoms with Gasteiger partial charge in [-0.1, -0.05) is 18.2 Å². The number of rotatable bonds is 3. The van der Waals surface area contributed by atoms with Gasteiger partial charge in [-0.2, -0.15) is 0 Å². The molecule has 1 aromatic rings. The van der Waals surface area contributed by atoms with E-state index in [1.165, 1.54) is 0 Å². The van der Waals surface area contributed by atoms with Gasteiger partial charge in [-0.25, -0.2) is 0 Å². The highest BCUT2D eigenvalue weighted by Gasteiger charge is 2.15. The highest BCUT2D eigenvalue weighted by atomic mass is 31.1. The number of benzene rings is 1. The van der Waals surface area contributed by atoms with E-state index in [-0.39, 0.29) is 0 Å². The first kappa shape index (κ1) is 9.21. The molecule has 0 N–H and O–H groups in total. The molecule has 12 heavy (non-hydrogen) atoms. The molecule has 3 heteroatoms. The normalized spacial score (nSPS) is 11.0. The predicted molar refractivity (Wildman–Crippen MR) is 50.0 cm³/mol. The molecule has 0 aliphatic heterocycles. The first-order chi connectivity index (χ1) is 5.74. The SMILES string of the molecule is CC[P+](=O)Oc1ccccc1C. The lowest BCUT2D eigenvalue weighted by molar-refractivity contribution is 0.504. The van der Waals surface area contributed by atoms with Crippen molar-refractivity contribution in [3.63, 3.8) is 0 Å². The molecule has 1 atom stereocenters. The van der Waals surface area contributed by atoms with Crippen molar-refractivity contribution in [3.8, 4) is 5.75 Å². The van der Waals surface area contributed by atoms with Gasteiger partial charge in [0.15, 0.2) is 11.9 Å². The van der Waals surface area contributed by atoms with Gasteiger partial charge in [0.2, 0.25) is 0 Å². The number of hydrogen-bond acceptors (Lipinski definition) is 2. The van der Waals surface area contributed by atoms with Gasteiger partial charge < -0.3 is 0 Å². The van der Waals surface area contributed by atoms with Gasteiger partial charge in [-0.15, -0.1) is 0 Å². The number of para-hydroxylation sites is 1. The largest absolute Gasteiger partial charge is 0.555 e. The van der Waals surface area contributed by atoms with Gasteiger partial charge in [0.1, 0.15) is 0 Å². The van der Waals surface area contributed by atoms with E-state index >= 15 is 0 Å². The van der Waals surface area contributed by atoms with Crippen LogP contribution in [0.25, 0.3) is 0 Å². The summed E-state index contributed by atoms with van der Waals surface area (Å²) in [5.41, 5.74) is 1.02. The zero-order chi connectivity index (χ0) is 8.97. The van der Waals surface area contributed by atoms with Crippen LogP contribution in [0, 0.1) is 6.92 Å². The van der Waals surface area contributed by atoms with Crippen molar-refractivity contribution in [1.82, 2.24) is 0 Å². The second-order valence-electron chi connectivity index (χ2n) is 2.51. The zero-order valence-corrected chi connectivity index (χ0v) is 8.17. The van der Waals surface area contributed by atoms with E-state index in [2.05, 4.69) is 0 Å². The van der Waals surface area contributed by atoms with Gasteiger partial charge >= 0.3 is 8.03 Å². The third kappa shape index (κ3) is 2.31. The van der Waals surface area contributed by atoms with Gasteiger partial charge in [0.25, 0.3) is 0 Å². The molecule has 1 aromatic carbocycles. The van der Waals surface area contributed by atoms with E-state index in [0.717, 1.165) is 11.3 Å². The molecule has 0 amide bonds. The quantitative estimate of drug-likeness (QED) is 0.673. The molecule has 0 saturated carbocycles. The van der Waals surface area contributed by atoms with Crippen molar-refractivity contribution >= 4 is 8.03 Å². The minimum Gasteiger partial charge on any atom is -0.254 e. The highest BCUT2D eigenvalue weighted by molar-refractivity contribution is 7.39. The van der Waals surface area contributed by atoms with Crippen LogP contribution in [0.4, 0.5) is 0 Å². The molecule has 0 bridgehead atoms. The fourth-order valence-corrected chi connectivity index (χ4v) is 1.39. The lowest BCUT2D eigenvalue weighted by atomic mass is 10.2. The molecule has 0 aromatic heterocycles. The maximum Gasteiger partial charge on any atom is 0.555 e. The zero-order valence-electron chi connectivity index (χ0n) is 7.28. The van der Waals surface area contributed by atoms with Crippen LogP contribution in [0.5, 0.6) is 5.75 Å². The van der Waals surface area contributed by atoms with Crippen LogP contribution < -0.4 is 4.52 Å². The fourth-order valence-electron chi connectivity index (χ4n) is 0.833. The summed E-state index contributed by atoms with van der Waals surface area (Å²) in [5.74, 6) is 0.723. The second-order valence-corrected chi connectivity index (χ2v) is 3.99. The Morgan fingerprint density at radius 1 is 1.42 bits per heavy atom. The van der Waals surface area contributed by atoms with E-state index in [9.17, 15) is 4.57 Å². The topological polar surface area (TPSA) is 26.3 Å². The van der Waals surface area contributed by atoms with Crippen LogP contribution in [0.1, 0.15) is 12.5 Å². The third-order valence-electron chi connectivity index (χ3n) is 1.55. The Morgan fingerprint density at radius 2 is 2.08 bits per heavy atom. The number of hydrogen-bond donors (Lipinski definition) is 0. The van der Waals surface area contributed by atoms with Crippen molar-refractivity contribution in [1.29, 1.82) is 0 Å². The Kier molecular flexibility index (Phi) is 3.24. The number of aryl methyl sites for hydroxylation is 1. The van der Waals surface area contributed by atoms with Crippen molar-refractivity contribution in [2.75, 3.05) is 6.16 Å². The molecule has 0 radical (unpaired) electrons. The van der Waals surface area contributed by atoms with E-state index < -0.39 is 8.03 Å². The Labute approximate surface area is 73.4 Å². The minimum absolute atomic E-state index is 0.559. The summed E-state index contributed by atoms with van der Waals surface area (Å²) in [6.07, 6.45) is 0.559. The first-order valence-corrected chi connectivity index (χ1v) is 5.28. The Morgan fingerprint density at radius 3 is 2.67 bits per heavy atom. The molecular formula is C9H12O2P+. The molecule has 0 aliphatic carbocycles. The van der Waals surface area contributed by atoms with Gasteiger partial charge in [-0.3, -0.25) is 4.52 Å². The molecule has 0 fully saturated rings. The van der Waals surface area contributed by atoms with Gasteiger partial charge in [0.05, 0.1) is 0 Å². The van der Waals surface area contributed by atoms with Crippen molar-refractivity contribution in [3.05, 3.63) is 29.8 Å². The summed E-state index contributed by atoms with van der Waals surface area (Å²) in [7, 11) is -1.52. The highest BCUT2D eigenvalue weighted by Crippen LogP contribution is 2.28. The summed E-state index contributed by atoms with van der Waals surface area (Å²) in [5, 5.41) is 0. The molecule has 2 nitrogen and oxygen atoms in total. The minimum atomic E-state index is -1.52. The standard InChI is InChI=1S/C9H12O2P/c1-3-12(10)11-9-7-5-4-6-8(9)2/h4-7H,3H2,1-2H3/q+1. The Hall–Kier alpha value is -0.880. The van der Waals surface area contributed by atoms with E-state index in [1.54, 1.807) is 0 Å². The molecular weight excluding hydrogens is 171 g/mol. The molecule has 1 unspecified atom stereocenters. The van der Waals surface area contributed by atoms with Crippen molar-refractivity contribution in [2.45, 2.75) is 13.8 Å². The lowest BCUT2D eigenvalue weighted by Gasteiger charge is -1.96. The fraction of sp³-hybridized carbons (Fsp3) is 0.333. The molecule has 0 heterocycles. The molecule has 0 aliphatic rings. The Balaban J connectivity index is 2.75. The van der Waals surface area contributed by atoms with E-state index in [1.807, 2.05) is 38.1 Å². The van der Waals surface area contributed by atoms with E-state index in [4.69, 9.17) is 4.52 Å². The van der Waals surface area contributed by atoms with Crippen molar-refractivity contribution < 1.29 is 9.09 Å². The maximum absolute atomic E-state index is 11.1. The Bertz CT molecular complexity index is 284. The maximum atomic E-state index is 11.1. The summed E-state index contributed by atoms with van der Waals surface area (Å²) < 4.78 is 16.3. The molecule has 0 spiro atoms. The van der Waals surface area contributed by atoms with Crippen LogP contribution in [0.15, 0.2) is 24.3 Å². The summed E-state index contributed by atoms with van der Waals surface area (Å²) in [6.45, 7) is 3.78. The summed E-state index contributed by atoms with van der Waals surface area (Å²) >= 11 is 0. The summed E-state index contributed by atoms with van der Waals surface area (Å²) in [6, 6.07) is 7.58. The van der Waals surface area contributed by atoms with Gasteiger partial charge in [0, 0.05) is 0 Å². The smallest absolute Gasteiger partial charge is 0.254 e. The monoisotopic (exact) mass is 183 g/mol. The van der Waals surface area contributed by atoms with Crippen LogP contribution in [0.3, 0.4) is 0 Å². The van der Waals surface area contributed by atoms with Crippen LogP contribution in [-0.2, 0) is 4.57 Å². The van der Waals surface area contributed by atoms with Gasteiger partial charge in [-0.05, 0) is 30.0 Å². The average Bonchev–Trinajstić information content (AvgIpc) is 2.09. The molecule has 1 rings (SSSR count). The third-order valence-corrected chi connectivity index (χ3v) is 2.47. The summed E-state index contributed by atoms with van der Waals surface area (Å²) in [4.78, 5) is 0. The van der Waals surface area contributed by atoms with Crippen LogP contribution in [0.2, 0.25) is 0 Å². The second kappa shape index (κ2) is 4.22. The lowest BCUT2D eigenvalue weighted by Crippen LogP contribution is -1.85. The predicted octanol–water partition coefficient (Wildman–Crippen LogP) is 3.14. The van der Waals surface area contributed by atoms with Crippen LogP contribution >= 0.6 is 8.03 Å². The van der Waals surface area contributed by atoms with Crippen LogP contribution in [-0.4, -0.2) is 6.16 Å². The first-order valence-electron chi connectivity index (χ1n) is 3.92. The van der Waals surface area contributed by atoms with Crippen molar-refractivity contribution in [2.24, 2.45) is 0 Å². The molecule has 64 valence electrons. The van der Waals surface area contributed by atoms with E-state index in [0.29, 0.717) is 6.16 Å².